The van der Waals surface area contributed by atoms with Crippen LogP contribution < -0.4 is 5.32 Å². The Bertz CT molecular complexity index is 818. The molecule has 0 saturated heterocycles. The van der Waals surface area contributed by atoms with Crippen molar-refractivity contribution >= 4 is 28.6 Å². The maximum atomic E-state index is 12.6. The summed E-state index contributed by atoms with van der Waals surface area (Å²) in [5.74, 6) is -1.10. The van der Waals surface area contributed by atoms with Gasteiger partial charge in [-0.15, -0.1) is 0 Å². The van der Waals surface area contributed by atoms with Gasteiger partial charge in [-0.3, -0.25) is 9.59 Å². The number of rotatable bonds is 4. The third kappa shape index (κ3) is 3.84. The minimum absolute atomic E-state index is 0.114. The molecule has 1 aliphatic rings. The van der Waals surface area contributed by atoms with Crippen LogP contribution in [0.1, 0.15) is 36.2 Å². The normalized spacial score (nSPS) is 18.6. The van der Waals surface area contributed by atoms with Crippen LogP contribution in [0.15, 0.2) is 36.4 Å². The van der Waals surface area contributed by atoms with E-state index in [0.717, 1.165) is 11.8 Å². The maximum absolute atomic E-state index is 12.6. The molecule has 3 rings (SSSR count). The average Bonchev–Trinajstić information content (AvgIpc) is 2.64. The summed E-state index contributed by atoms with van der Waals surface area (Å²) < 4.78 is 4.82. The van der Waals surface area contributed by atoms with Gasteiger partial charge < -0.3 is 10.1 Å². The lowest BCUT2D eigenvalue weighted by Gasteiger charge is -2.28. The average molecular weight is 340 g/mol. The number of fused-ring (bicyclic) bond motifs is 1. The van der Waals surface area contributed by atoms with Crippen molar-refractivity contribution in [3.8, 4) is 0 Å². The van der Waals surface area contributed by atoms with Gasteiger partial charge in [0.05, 0.1) is 12.6 Å². The van der Waals surface area contributed by atoms with Gasteiger partial charge in [0, 0.05) is 18.2 Å². The zero-order chi connectivity index (χ0) is 17.8. The van der Waals surface area contributed by atoms with Gasteiger partial charge in [-0.05, 0) is 30.9 Å². The van der Waals surface area contributed by atoms with Crippen LogP contribution in [0.5, 0.6) is 0 Å². The fraction of sp³-hybridized carbons (Fsp3) is 0.368. The molecular weight excluding hydrogens is 320 g/mol. The van der Waals surface area contributed by atoms with Crippen LogP contribution in [0.3, 0.4) is 0 Å². The lowest BCUT2D eigenvalue weighted by Crippen LogP contribution is -2.48. The van der Waals surface area contributed by atoms with Crippen LogP contribution in [0.25, 0.3) is 10.9 Å². The number of amides is 1. The Morgan fingerprint density at radius 1 is 1.24 bits per heavy atom. The zero-order valence-corrected chi connectivity index (χ0v) is 14.0. The van der Waals surface area contributed by atoms with Gasteiger partial charge in [0.2, 0.25) is 0 Å². The molecule has 1 aromatic carbocycles. The molecule has 1 saturated carbocycles. The number of hydrogen-bond acceptors (Lipinski definition) is 5. The van der Waals surface area contributed by atoms with E-state index in [2.05, 4.69) is 10.3 Å². The van der Waals surface area contributed by atoms with Crippen molar-refractivity contribution in [2.24, 2.45) is 5.92 Å². The summed E-state index contributed by atoms with van der Waals surface area (Å²) in [6, 6.07) is 10.1. The number of Topliss-reactive ketones (excluding diaryl/α,β-unsaturated/α-hetero) is 1. The number of carbonyl (C=O) groups is 3. The van der Waals surface area contributed by atoms with E-state index in [1.807, 2.05) is 30.3 Å². The van der Waals surface area contributed by atoms with E-state index in [1.165, 1.54) is 7.11 Å². The van der Waals surface area contributed by atoms with Crippen molar-refractivity contribution in [1.29, 1.82) is 0 Å². The molecule has 1 fully saturated rings. The van der Waals surface area contributed by atoms with E-state index in [9.17, 15) is 14.4 Å². The second kappa shape index (κ2) is 7.42. The highest BCUT2D eigenvalue weighted by molar-refractivity contribution is 5.97. The van der Waals surface area contributed by atoms with Crippen LogP contribution in [0.4, 0.5) is 0 Å². The zero-order valence-electron chi connectivity index (χ0n) is 14.0. The van der Waals surface area contributed by atoms with E-state index in [-0.39, 0.29) is 23.8 Å². The van der Waals surface area contributed by atoms with Crippen molar-refractivity contribution in [3.05, 3.63) is 42.1 Å². The van der Waals surface area contributed by atoms with Gasteiger partial charge in [-0.25, -0.2) is 9.78 Å². The molecule has 1 amide bonds. The van der Waals surface area contributed by atoms with Crippen molar-refractivity contribution in [1.82, 2.24) is 10.3 Å². The molecule has 0 aliphatic heterocycles. The first-order chi connectivity index (χ1) is 12.1. The number of hydrogen-bond donors (Lipinski definition) is 1. The summed E-state index contributed by atoms with van der Waals surface area (Å²) in [7, 11) is 1.28. The number of carbonyl (C=O) groups excluding carboxylic acids is 3. The molecule has 6 nitrogen and oxygen atoms in total. The second-order valence-electron chi connectivity index (χ2n) is 6.26. The Morgan fingerprint density at radius 2 is 2.04 bits per heavy atom. The molecule has 0 radical (unpaired) electrons. The molecule has 1 aromatic heterocycles. The molecule has 25 heavy (non-hydrogen) atoms. The molecule has 0 unspecified atom stereocenters. The topological polar surface area (TPSA) is 85.4 Å². The number of nitrogens with one attached hydrogen (secondary N) is 1. The fourth-order valence-electron chi connectivity index (χ4n) is 3.25. The van der Waals surface area contributed by atoms with E-state index in [0.29, 0.717) is 18.4 Å². The highest BCUT2D eigenvalue weighted by Gasteiger charge is 2.34. The first-order valence-corrected chi connectivity index (χ1v) is 8.34. The van der Waals surface area contributed by atoms with Gasteiger partial charge in [0.1, 0.15) is 17.5 Å². The Balaban J connectivity index is 1.81. The number of ether oxygens (including phenoxy) is 1. The van der Waals surface area contributed by atoms with Crippen molar-refractivity contribution < 1.29 is 19.1 Å². The first kappa shape index (κ1) is 17.1. The van der Waals surface area contributed by atoms with E-state index >= 15 is 0 Å². The number of esters is 1. The van der Waals surface area contributed by atoms with E-state index in [1.54, 1.807) is 6.07 Å². The van der Waals surface area contributed by atoms with Gasteiger partial charge in [0.25, 0.3) is 5.91 Å². The summed E-state index contributed by atoms with van der Waals surface area (Å²) in [5.41, 5.74) is 0.937. The molecule has 130 valence electrons. The third-order valence-electron chi connectivity index (χ3n) is 4.56. The summed E-state index contributed by atoms with van der Waals surface area (Å²) in [5, 5.41) is 3.64. The number of ketones is 1. The number of pyridine rings is 1. The Kier molecular flexibility index (Phi) is 5.07. The molecule has 2 aromatic rings. The highest BCUT2D eigenvalue weighted by atomic mass is 16.5. The quantitative estimate of drug-likeness (QED) is 0.863. The Labute approximate surface area is 145 Å². The molecule has 2 atom stereocenters. The first-order valence-electron chi connectivity index (χ1n) is 8.34. The molecule has 1 aliphatic carbocycles. The summed E-state index contributed by atoms with van der Waals surface area (Å²) >= 11 is 0. The second-order valence-corrected chi connectivity index (χ2v) is 6.26. The van der Waals surface area contributed by atoms with Gasteiger partial charge >= 0.3 is 5.97 Å². The number of para-hydroxylation sites is 1. The Morgan fingerprint density at radius 3 is 2.80 bits per heavy atom. The highest BCUT2D eigenvalue weighted by Crippen LogP contribution is 2.25. The van der Waals surface area contributed by atoms with Crippen LogP contribution in [0.2, 0.25) is 0 Å². The number of benzene rings is 1. The minimum atomic E-state index is -0.838. The monoisotopic (exact) mass is 340 g/mol. The van der Waals surface area contributed by atoms with Crippen LogP contribution in [0, 0.1) is 5.92 Å². The number of methoxy groups -OCH3 is 1. The number of nitrogens with zero attached hydrogens (tertiary/aromatic N) is 1. The molecule has 0 bridgehead atoms. The minimum Gasteiger partial charge on any atom is -0.467 e. The van der Waals surface area contributed by atoms with Crippen molar-refractivity contribution in [3.63, 3.8) is 0 Å². The van der Waals surface area contributed by atoms with Crippen molar-refractivity contribution in [2.45, 2.75) is 31.7 Å². The van der Waals surface area contributed by atoms with E-state index < -0.39 is 17.9 Å². The molecule has 0 spiro atoms. The largest absolute Gasteiger partial charge is 0.467 e. The molecular formula is C19H20N2O4. The standard InChI is InChI=1S/C19H20N2O4/c1-25-19(24)17(13-6-4-7-14(22)11-13)21-18(23)16-10-9-12-5-2-3-8-15(12)20-16/h2-3,5,8-10,13,17H,4,6-7,11H2,1H3,(H,21,23)/t13-,17+/m0/s1. The lowest BCUT2D eigenvalue weighted by molar-refractivity contribution is -0.145. The predicted molar refractivity (Wildman–Crippen MR) is 92.0 cm³/mol. The van der Waals surface area contributed by atoms with Crippen LogP contribution in [-0.2, 0) is 14.3 Å². The molecule has 6 heteroatoms. The van der Waals surface area contributed by atoms with E-state index in [4.69, 9.17) is 4.74 Å². The van der Waals surface area contributed by atoms with Crippen LogP contribution in [-0.4, -0.2) is 35.8 Å². The Hall–Kier alpha value is -2.76. The van der Waals surface area contributed by atoms with Gasteiger partial charge in [0.15, 0.2) is 0 Å². The summed E-state index contributed by atoms with van der Waals surface area (Å²) in [6.45, 7) is 0. The predicted octanol–water partition coefficient (Wildman–Crippen LogP) is 2.27. The SMILES string of the molecule is COC(=O)[C@H](NC(=O)c1ccc2ccccc2n1)[C@H]1CCCC(=O)C1. The molecule has 1 N–H and O–H groups in total. The molecule has 1 heterocycles. The summed E-state index contributed by atoms with van der Waals surface area (Å²) in [6.07, 6.45) is 2.24. The number of aromatic nitrogens is 1. The van der Waals surface area contributed by atoms with Crippen molar-refractivity contribution in [2.75, 3.05) is 7.11 Å². The van der Waals surface area contributed by atoms with Gasteiger partial charge in [-0.1, -0.05) is 24.3 Å². The van der Waals surface area contributed by atoms with Gasteiger partial charge in [-0.2, -0.15) is 0 Å². The smallest absolute Gasteiger partial charge is 0.328 e. The lowest BCUT2D eigenvalue weighted by atomic mass is 9.83. The van der Waals surface area contributed by atoms with Crippen LogP contribution >= 0.6 is 0 Å². The fourth-order valence-corrected chi connectivity index (χ4v) is 3.25. The third-order valence-corrected chi connectivity index (χ3v) is 4.56. The maximum Gasteiger partial charge on any atom is 0.328 e. The summed E-state index contributed by atoms with van der Waals surface area (Å²) in [4.78, 5) is 40.8.